The standard InChI is InChI=1S/C23H14F5N3O/c24-18-2-1-3-19(25)21(18)22-30-20(12-31(22)13-29)16-6-4-14(5-7-16)15-8-10-17(11-9-15)32-23(26,27)28/h1-11,20H,12H2. The number of aliphatic imine (C=N–C) groups is 1. The summed E-state index contributed by atoms with van der Waals surface area (Å²) in [5.41, 5.74) is 1.78. The van der Waals surface area contributed by atoms with Gasteiger partial charge in [0.05, 0.1) is 18.2 Å². The number of amidine groups is 1. The van der Waals surface area contributed by atoms with Gasteiger partial charge in [-0.3, -0.25) is 9.89 Å². The van der Waals surface area contributed by atoms with Crippen molar-refractivity contribution in [1.29, 1.82) is 5.26 Å². The largest absolute Gasteiger partial charge is 0.573 e. The molecule has 0 fully saturated rings. The summed E-state index contributed by atoms with van der Waals surface area (Å²) >= 11 is 0. The fourth-order valence-electron chi connectivity index (χ4n) is 3.44. The maximum Gasteiger partial charge on any atom is 0.573 e. The van der Waals surface area contributed by atoms with E-state index in [0.717, 1.165) is 28.2 Å². The normalized spacial score (nSPS) is 15.9. The lowest BCUT2D eigenvalue weighted by Crippen LogP contribution is -2.25. The molecule has 0 N–H and O–H groups in total. The highest BCUT2D eigenvalue weighted by Crippen LogP contribution is 2.31. The molecule has 0 bridgehead atoms. The van der Waals surface area contributed by atoms with Gasteiger partial charge in [-0.2, -0.15) is 5.26 Å². The highest BCUT2D eigenvalue weighted by molar-refractivity contribution is 6.01. The third kappa shape index (κ3) is 4.39. The minimum Gasteiger partial charge on any atom is -0.406 e. The van der Waals surface area contributed by atoms with Crippen molar-refractivity contribution in [3.05, 3.63) is 89.5 Å². The van der Waals surface area contributed by atoms with Gasteiger partial charge in [-0.1, -0.05) is 42.5 Å². The van der Waals surface area contributed by atoms with Crippen molar-refractivity contribution in [3.8, 4) is 23.1 Å². The van der Waals surface area contributed by atoms with Crippen LogP contribution in [0.1, 0.15) is 17.2 Å². The van der Waals surface area contributed by atoms with E-state index in [1.165, 1.54) is 30.3 Å². The number of benzene rings is 3. The van der Waals surface area contributed by atoms with Crippen molar-refractivity contribution in [1.82, 2.24) is 4.90 Å². The summed E-state index contributed by atoms with van der Waals surface area (Å²) in [5.74, 6) is -2.00. The topological polar surface area (TPSA) is 48.6 Å². The molecule has 0 aromatic heterocycles. The Hall–Kier alpha value is -3.93. The van der Waals surface area contributed by atoms with Gasteiger partial charge < -0.3 is 4.74 Å². The van der Waals surface area contributed by atoms with Crippen LogP contribution in [-0.4, -0.2) is 23.6 Å². The summed E-state index contributed by atoms with van der Waals surface area (Å²) in [6, 6.07) is 15.4. The molecule has 3 aromatic rings. The van der Waals surface area contributed by atoms with Crippen LogP contribution in [0, 0.1) is 23.1 Å². The van der Waals surface area contributed by atoms with Crippen LogP contribution in [0.3, 0.4) is 0 Å². The number of nitrogens with zero attached hydrogens (tertiary/aromatic N) is 3. The minimum atomic E-state index is -4.76. The van der Waals surface area contributed by atoms with E-state index >= 15 is 0 Å². The third-order valence-electron chi connectivity index (χ3n) is 4.91. The average molecular weight is 443 g/mol. The molecule has 0 spiro atoms. The zero-order valence-corrected chi connectivity index (χ0v) is 16.3. The molecule has 4 rings (SSSR count). The second-order valence-corrected chi connectivity index (χ2v) is 6.97. The van der Waals surface area contributed by atoms with Gasteiger partial charge in [0.2, 0.25) is 0 Å². The molecule has 162 valence electrons. The van der Waals surface area contributed by atoms with Crippen molar-refractivity contribution in [3.63, 3.8) is 0 Å². The van der Waals surface area contributed by atoms with Crippen LogP contribution in [0.2, 0.25) is 0 Å². The summed E-state index contributed by atoms with van der Waals surface area (Å²) in [6.07, 6.45) is -2.85. The number of alkyl halides is 3. The lowest BCUT2D eigenvalue weighted by Gasteiger charge is -2.12. The second-order valence-electron chi connectivity index (χ2n) is 6.97. The van der Waals surface area contributed by atoms with E-state index in [1.807, 2.05) is 6.19 Å². The van der Waals surface area contributed by atoms with Gasteiger partial charge in [-0.25, -0.2) is 8.78 Å². The number of halogens is 5. The molecular formula is C23H14F5N3O. The second kappa shape index (κ2) is 8.30. The van der Waals surface area contributed by atoms with Gasteiger partial charge in [0.15, 0.2) is 12.0 Å². The third-order valence-corrected chi connectivity index (χ3v) is 4.91. The predicted octanol–water partition coefficient (Wildman–Crippen LogP) is 5.81. The molecule has 0 aliphatic carbocycles. The minimum absolute atomic E-state index is 0.0718. The van der Waals surface area contributed by atoms with Gasteiger partial charge in [0.1, 0.15) is 17.4 Å². The number of ether oxygens (including phenoxy) is 1. The summed E-state index contributed by atoms with van der Waals surface area (Å²) in [5, 5.41) is 9.40. The quantitative estimate of drug-likeness (QED) is 0.377. The van der Waals surface area contributed by atoms with Gasteiger partial charge in [0, 0.05) is 0 Å². The van der Waals surface area contributed by atoms with E-state index in [4.69, 9.17) is 0 Å². The molecular weight excluding hydrogens is 429 g/mol. The monoisotopic (exact) mass is 443 g/mol. The van der Waals surface area contributed by atoms with Crippen molar-refractivity contribution in [2.75, 3.05) is 6.54 Å². The molecule has 32 heavy (non-hydrogen) atoms. The Balaban J connectivity index is 1.57. The Bertz CT molecular complexity index is 1180. The summed E-state index contributed by atoms with van der Waals surface area (Å²) in [7, 11) is 0. The van der Waals surface area contributed by atoms with E-state index in [0.29, 0.717) is 5.56 Å². The smallest absolute Gasteiger partial charge is 0.406 e. The van der Waals surface area contributed by atoms with Crippen LogP contribution in [0.15, 0.2) is 71.7 Å². The first-order valence-electron chi connectivity index (χ1n) is 9.41. The van der Waals surface area contributed by atoms with E-state index in [-0.39, 0.29) is 23.7 Å². The summed E-state index contributed by atoms with van der Waals surface area (Å²) in [6.45, 7) is 0.127. The molecule has 9 heteroatoms. The van der Waals surface area contributed by atoms with Crippen LogP contribution in [0.4, 0.5) is 22.0 Å². The Morgan fingerprint density at radius 2 is 1.47 bits per heavy atom. The van der Waals surface area contributed by atoms with Crippen LogP contribution in [0.5, 0.6) is 5.75 Å². The van der Waals surface area contributed by atoms with Crippen molar-refractivity contribution in [2.45, 2.75) is 12.4 Å². The molecule has 1 aliphatic rings. The summed E-state index contributed by atoms with van der Waals surface area (Å²) < 4.78 is 69.1. The molecule has 1 atom stereocenters. The van der Waals surface area contributed by atoms with Crippen molar-refractivity contribution in [2.24, 2.45) is 4.99 Å². The fraction of sp³-hybridized carbons (Fsp3) is 0.130. The Labute approximate surface area is 179 Å². The summed E-state index contributed by atoms with van der Waals surface area (Å²) in [4.78, 5) is 5.51. The van der Waals surface area contributed by atoms with Gasteiger partial charge in [0.25, 0.3) is 0 Å². The maximum absolute atomic E-state index is 14.2. The molecule has 1 unspecified atom stereocenters. The molecule has 3 aromatic carbocycles. The van der Waals surface area contributed by atoms with E-state index in [2.05, 4.69) is 9.73 Å². The van der Waals surface area contributed by atoms with E-state index < -0.39 is 24.0 Å². The van der Waals surface area contributed by atoms with Gasteiger partial charge >= 0.3 is 6.36 Å². The Morgan fingerprint density at radius 3 is 2.00 bits per heavy atom. The first kappa shape index (κ1) is 21.3. The number of nitriles is 1. The van der Waals surface area contributed by atoms with Crippen LogP contribution in [-0.2, 0) is 0 Å². The van der Waals surface area contributed by atoms with Crippen LogP contribution >= 0.6 is 0 Å². The first-order chi connectivity index (χ1) is 15.2. The van der Waals surface area contributed by atoms with Crippen LogP contribution < -0.4 is 4.74 Å². The molecule has 4 nitrogen and oxygen atoms in total. The van der Waals surface area contributed by atoms with Gasteiger partial charge in [-0.15, -0.1) is 13.2 Å². The molecule has 0 saturated carbocycles. The lowest BCUT2D eigenvalue weighted by molar-refractivity contribution is -0.274. The molecule has 0 saturated heterocycles. The van der Waals surface area contributed by atoms with E-state index in [1.54, 1.807) is 24.3 Å². The SMILES string of the molecule is N#CN1CC(c2ccc(-c3ccc(OC(F)(F)F)cc3)cc2)N=C1c1c(F)cccc1F. The Morgan fingerprint density at radius 1 is 0.906 bits per heavy atom. The van der Waals surface area contributed by atoms with E-state index in [9.17, 15) is 27.2 Å². The zero-order chi connectivity index (χ0) is 22.9. The van der Waals surface area contributed by atoms with Crippen molar-refractivity contribution < 1.29 is 26.7 Å². The molecule has 1 aliphatic heterocycles. The molecule has 1 heterocycles. The highest BCUT2D eigenvalue weighted by Gasteiger charge is 2.32. The first-order valence-corrected chi connectivity index (χ1v) is 9.41. The number of hydrogen-bond acceptors (Lipinski definition) is 4. The fourth-order valence-corrected chi connectivity index (χ4v) is 3.44. The maximum atomic E-state index is 14.2. The predicted molar refractivity (Wildman–Crippen MR) is 107 cm³/mol. The van der Waals surface area contributed by atoms with Gasteiger partial charge in [-0.05, 0) is 41.0 Å². The van der Waals surface area contributed by atoms with Crippen LogP contribution in [0.25, 0.3) is 11.1 Å². The highest BCUT2D eigenvalue weighted by atomic mass is 19.4. The number of rotatable bonds is 4. The zero-order valence-electron chi connectivity index (χ0n) is 16.3. The lowest BCUT2D eigenvalue weighted by atomic mass is 10.0. The Kier molecular flexibility index (Phi) is 5.53. The average Bonchev–Trinajstić information content (AvgIpc) is 3.17. The van der Waals surface area contributed by atoms with Crippen molar-refractivity contribution >= 4 is 5.84 Å². The molecule has 0 amide bonds. The number of hydrogen-bond donors (Lipinski definition) is 0. The molecule has 0 radical (unpaired) electrons.